The van der Waals surface area contributed by atoms with Crippen LogP contribution in [0, 0.1) is 29.0 Å². The highest BCUT2D eigenvalue weighted by Gasteiger charge is 2.57. The lowest BCUT2D eigenvalue weighted by molar-refractivity contribution is -0.133. The molecular formula is C45H45Cl2FN6O5S. The molecule has 3 saturated heterocycles. The lowest BCUT2D eigenvalue weighted by Crippen LogP contribution is -2.45. The zero-order valence-electron chi connectivity index (χ0n) is 34.0. The Labute approximate surface area is 362 Å². The quantitative estimate of drug-likeness (QED) is 0.126. The van der Waals surface area contributed by atoms with Crippen molar-refractivity contribution in [1.29, 1.82) is 5.26 Å². The summed E-state index contributed by atoms with van der Waals surface area (Å²) in [4.78, 5) is 41.0. The first-order chi connectivity index (χ1) is 28.8. The lowest BCUT2D eigenvalue weighted by Gasteiger charge is -2.40. The third kappa shape index (κ3) is 7.08. The topological polar surface area (TPSA) is 123 Å². The van der Waals surface area contributed by atoms with Crippen LogP contribution < -0.4 is 9.47 Å². The van der Waals surface area contributed by atoms with Gasteiger partial charge in [-0.25, -0.2) is 19.2 Å². The molecule has 2 amide bonds. The Morgan fingerprint density at radius 3 is 2.58 bits per heavy atom. The van der Waals surface area contributed by atoms with E-state index in [4.69, 9.17) is 42.4 Å². The number of thioether (sulfide) groups is 1. The number of nitriles is 1. The third-order valence-corrected chi connectivity index (χ3v) is 13.7. The van der Waals surface area contributed by atoms with Crippen LogP contribution >= 0.6 is 35.0 Å². The molecule has 5 fully saturated rings. The van der Waals surface area contributed by atoms with Crippen LogP contribution in [0.4, 0.5) is 9.18 Å². The standard InChI is InChI=1S/C45H45Cl2FN6O5S/c1-45(2,3)59-44(56)53-21-25-17-34(53)40(25)54-33(32-18-27(22-52(32)43(55)23-11-12-23)58-26-13-15-50-35(19-26)57-4)20-30-41(54)29-16-24(8-7-14-49)36(28-9-6-10-31(46)37(28)47)38(48)39(29)51-42(30)60-5/h6,9-10,13,15-16,19-20,23,25,27,32,34,40H,7-8,11-12,17-18,21-22H2,1-5H3/t25-,27+,32-,34-,40+/m1/s1. The maximum Gasteiger partial charge on any atom is 0.410 e. The fourth-order valence-electron chi connectivity index (χ4n) is 9.48. The largest absolute Gasteiger partial charge is 0.488 e. The number of aromatic nitrogens is 3. The Morgan fingerprint density at radius 2 is 1.87 bits per heavy atom. The number of nitrogens with zero attached hydrogens (tertiary/aromatic N) is 6. The minimum atomic E-state index is -0.678. The number of methoxy groups -OCH3 is 1. The Kier molecular flexibility index (Phi) is 10.6. The van der Waals surface area contributed by atoms with E-state index in [1.165, 1.54) is 11.8 Å². The molecule has 2 saturated carbocycles. The zero-order chi connectivity index (χ0) is 42.2. The molecule has 2 bridgehead atoms. The number of pyridine rings is 2. The summed E-state index contributed by atoms with van der Waals surface area (Å²) in [6, 6.07) is 14.1. The van der Waals surface area contributed by atoms with Crippen LogP contribution in [0.3, 0.4) is 0 Å². The van der Waals surface area contributed by atoms with Crippen LogP contribution in [0.5, 0.6) is 11.6 Å². The fraction of sp³-hybridized carbons (Fsp3) is 0.444. The highest BCUT2D eigenvalue weighted by Crippen LogP contribution is 2.55. The minimum Gasteiger partial charge on any atom is -0.488 e. The van der Waals surface area contributed by atoms with Crippen molar-refractivity contribution >= 4 is 68.8 Å². The van der Waals surface area contributed by atoms with E-state index < -0.39 is 17.5 Å². The number of ether oxygens (including phenoxy) is 3. The molecule has 5 aliphatic rings. The van der Waals surface area contributed by atoms with E-state index in [9.17, 15) is 14.9 Å². The average molecular weight is 872 g/mol. The van der Waals surface area contributed by atoms with Crippen LogP contribution in [0.25, 0.3) is 32.9 Å². The van der Waals surface area contributed by atoms with E-state index in [0.717, 1.165) is 35.9 Å². The Balaban J connectivity index is 1.27. The minimum absolute atomic E-state index is 0.0505. The highest BCUT2D eigenvalue weighted by molar-refractivity contribution is 7.98. The number of aryl methyl sites for hydroxylation is 1. The molecule has 312 valence electrons. The van der Waals surface area contributed by atoms with Gasteiger partial charge in [-0.2, -0.15) is 5.26 Å². The Bertz CT molecular complexity index is 2610. The molecule has 2 aliphatic carbocycles. The van der Waals surface area contributed by atoms with Gasteiger partial charge in [0.15, 0.2) is 5.82 Å². The second-order valence-electron chi connectivity index (χ2n) is 17.2. The van der Waals surface area contributed by atoms with Gasteiger partial charge < -0.3 is 28.6 Å². The van der Waals surface area contributed by atoms with Crippen LogP contribution in [0.1, 0.15) is 76.2 Å². The predicted octanol–water partition coefficient (Wildman–Crippen LogP) is 10.2. The molecule has 0 unspecified atom stereocenters. The first-order valence-electron chi connectivity index (χ1n) is 20.3. The van der Waals surface area contributed by atoms with E-state index >= 15 is 4.39 Å². The summed E-state index contributed by atoms with van der Waals surface area (Å²) in [6.45, 7) is 6.46. The predicted molar refractivity (Wildman–Crippen MR) is 229 cm³/mol. The van der Waals surface area contributed by atoms with Crippen molar-refractivity contribution in [3.05, 3.63) is 75.8 Å². The van der Waals surface area contributed by atoms with Gasteiger partial charge in [0.25, 0.3) is 0 Å². The first kappa shape index (κ1) is 40.6. The summed E-state index contributed by atoms with van der Waals surface area (Å²) in [6.07, 6.45) is 6.19. The summed E-state index contributed by atoms with van der Waals surface area (Å²) in [5.41, 5.74) is 2.41. The second-order valence-corrected chi connectivity index (χ2v) is 18.8. The molecule has 5 aromatic rings. The number of fused-ring (bicyclic) bond motifs is 4. The Hall–Kier alpha value is -4.77. The van der Waals surface area contributed by atoms with E-state index in [2.05, 4.69) is 21.7 Å². The van der Waals surface area contributed by atoms with Gasteiger partial charge in [-0.05, 0) is 82.5 Å². The maximum atomic E-state index is 17.6. The lowest BCUT2D eigenvalue weighted by atomic mass is 9.79. The maximum absolute atomic E-state index is 17.6. The molecule has 11 nitrogen and oxygen atoms in total. The number of amides is 2. The van der Waals surface area contributed by atoms with Gasteiger partial charge in [0.05, 0.1) is 53.4 Å². The molecule has 10 rings (SSSR count). The first-order valence-corrected chi connectivity index (χ1v) is 22.3. The normalized spacial score (nSPS) is 22.3. The van der Waals surface area contributed by atoms with Crippen molar-refractivity contribution in [2.75, 3.05) is 26.5 Å². The van der Waals surface area contributed by atoms with Gasteiger partial charge in [-0.15, -0.1) is 11.8 Å². The molecule has 0 radical (unpaired) electrons. The molecular weight excluding hydrogens is 827 g/mol. The van der Waals surface area contributed by atoms with Gasteiger partial charge in [-0.3, -0.25) is 4.79 Å². The number of rotatable bonds is 10. The van der Waals surface area contributed by atoms with Gasteiger partial charge in [0, 0.05) is 71.1 Å². The van der Waals surface area contributed by atoms with Gasteiger partial charge in [0.2, 0.25) is 11.8 Å². The van der Waals surface area contributed by atoms with Crippen molar-refractivity contribution in [3.63, 3.8) is 0 Å². The average Bonchev–Trinajstić information content (AvgIpc) is 3.49. The number of likely N-dealkylation sites (tertiary alicyclic amines) is 1. The van der Waals surface area contributed by atoms with Gasteiger partial charge in [-0.1, -0.05) is 35.3 Å². The molecule has 3 aromatic heterocycles. The van der Waals surface area contributed by atoms with E-state index in [-0.39, 0.29) is 76.0 Å². The number of carbonyl (C=O) groups excluding carboxylic acids is 2. The van der Waals surface area contributed by atoms with Gasteiger partial charge in [0.1, 0.15) is 28.0 Å². The van der Waals surface area contributed by atoms with E-state index in [1.54, 1.807) is 43.6 Å². The van der Waals surface area contributed by atoms with Crippen LogP contribution in [-0.2, 0) is 16.0 Å². The van der Waals surface area contributed by atoms with Crippen LogP contribution in [-0.4, -0.2) is 80.5 Å². The smallest absolute Gasteiger partial charge is 0.410 e. The summed E-state index contributed by atoms with van der Waals surface area (Å²) in [7, 11) is 1.55. The molecule has 60 heavy (non-hydrogen) atoms. The number of benzene rings is 2. The number of hydrogen-bond donors (Lipinski definition) is 0. The summed E-state index contributed by atoms with van der Waals surface area (Å²) in [5, 5.41) is 12.3. The summed E-state index contributed by atoms with van der Waals surface area (Å²) < 4.78 is 37.7. The number of carbonyl (C=O) groups is 2. The Morgan fingerprint density at radius 1 is 1.07 bits per heavy atom. The van der Waals surface area contributed by atoms with Gasteiger partial charge >= 0.3 is 6.09 Å². The molecule has 15 heteroatoms. The fourth-order valence-corrected chi connectivity index (χ4v) is 10.4. The van der Waals surface area contributed by atoms with E-state index in [1.807, 2.05) is 42.9 Å². The molecule has 2 aromatic carbocycles. The van der Waals surface area contributed by atoms with Crippen molar-refractivity contribution in [1.82, 2.24) is 24.3 Å². The second kappa shape index (κ2) is 15.6. The van der Waals surface area contributed by atoms with Crippen molar-refractivity contribution < 1.29 is 28.2 Å². The molecule has 3 aliphatic heterocycles. The van der Waals surface area contributed by atoms with Crippen molar-refractivity contribution in [3.8, 4) is 28.8 Å². The monoisotopic (exact) mass is 870 g/mol. The molecule has 0 N–H and O–H groups in total. The van der Waals surface area contributed by atoms with Crippen molar-refractivity contribution in [2.24, 2.45) is 11.8 Å². The highest BCUT2D eigenvalue weighted by atomic mass is 35.5. The molecule has 6 heterocycles. The summed E-state index contributed by atoms with van der Waals surface area (Å²) in [5.74, 6) is 0.571. The van der Waals surface area contributed by atoms with E-state index in [0.29, 0.717) is 52.7 Å². The zero-order valence-corrected chi connectivity index (χ0v) is 36.3. The van der Waals surface area contributed by atoms with Crippen molar-refractivity contribution in [2.45, 2.75) is 94.2 Å². The third-order valence-electron chi connectivity index (χ3n) is 12.2. The van der Waals surface area contributed by atoms with Crippen LogP contribution in [0.2, 0.25) is 10.0 Å². The number of hydrogen-bond acceptors (Lipinski definition) is 9. The SMILES string of the molecule is COc1cc(O[C@H]2C[C@H](c3cc4c(SC)nc5c(F)c(-c6cccc(Cl)c6Cl)c(CCC#N)cc5c4n3[C@H]3[C@@H]4C[C@H]3N(C(=O)OC(C)(C)C)C4)N(C(=O)C3CC3)C2)ccn1. The summed E-state index contributed by atoms with van der Waals surface area (Å²) >= 11 is 14.6. The van der Waals surface area contributed by atoms with Crippen LogP contribution in [0.15, 0.2) is 53.7 Å². The molecule has 5 atom stereocenters. The number of halogens is 3. The molecule has 0 spiro atoms.